The Kier molecular flexibility index (Phi) is 7.41. The summed E-state index contributed by atoms with van der Waals surface area (Å²) in [5.41, 5.74) is 1.12. The predicted molar refractivity (Wildman–Crippen MR) is 127 cm³/mol. The van der Waals surface area contributed by atoms with E-state index in [0.29, 0.717) is 12.5 Å². The number of rotatable bonds is 7. The maximum absolute atomic E-state index is 13.0. The highest BCUT2D eigenvalue weighted by Gasteiger charge is 2.27. The number of nitrogens with zero attached hydrogens (tertiary/aromatic N) is 5. The van der Waals surface area contributed by atoms with Crippen LogP contribution in [-0.2, 0) is 4.79 Å². The van der Waals surface area contributed by atoms with Gasteiger partial charge in [-0.1, -0.05) is 24.3 Å². The van der Waals surface area contributed by atoms with E-state index in [1.54, 1.807) is 0 Å². The van der Waals surface area contributed by atoms with Crippen molar-refractivity contribution in [1.82, 2.24) is 14.8 Å². The van der Waals surface area contributed by atoms with Crippen molar-refractivity contribution in [3.8, 4) is 0 Å². The van der Waals surface area contributed by atoms with Crippen LogP contribution in [0.2, 0.25) is 0 Å². The quantitative estimate of drug-likeness (QED) is 0.688. The van der Waals surface area contributed by atoms with Gasteiger partial charge in [-0.3, -0.25) is 9.69 Å². The van der Waals surface area contributed by atoms with Gasteiger partial charge in [0.15, 0.2) is 0 Å². The van der Waals surface area contributed by atoms with E-state index in [1.165, 1.54) is 6.42 Å². The first kappa shape index (κ1) is 21.6. The largest absolute Gasteiger partial charge is 0.362 e. The van der Waals surface area contributed by atoms with Crippen molar-refractivity contribution in [3.05, 3.63) is 54.7 Å². The lowest BCUT2D eigenvalue weighted by Gasteiger charge is -2.40. The number of benzene rings is 1. The summed E-state index contributed by atoms with van der Waals surface area (Å²) in [5, 5.41) is 0. The Bertz CT molecular complexity index is 807. The van der Waals surface area contributed by atoms with Crippen LogP contribution in [0.4, 0.5) is 11.5 Å². The Morgan fingerprint density at radius 1 is 1.03 bits per heavy atom. The van der Waals surface area contributed by atoms with Gasteiger partial charge >= 0.3 is 0 Å². The highest BCUT2D eigenvalue weighted by Crippen LogP contribution is 2.21. The molecular weight excluding hydrogens is 386 g/mol. The molecule has 2 aromatic rings. The van der Waals surface area contributed by atoms with Gasteiger partial charge in [-0.25, -0.2) is 4.98 Å². The average Bonchev–Trinajstić information content (AvgIpc) is 2.84. The summed E-state index contributed by atoms with van der Waals surface area (Å²) in [5.74, 6) is 1.91. The Balaban J connectivity index is 1.25. The molecule has 2 aliphatic rings. The molecule has 4 rings (SSSR count). The summed E-state index contributed by atoms with van der Waals surface area (Å²) < 4.78 is 0. The minimum atomic E-state index is 0.260. The lowest BCUT2D eigenvalue weighted by molar-refractivity contribution is -0.131. The van der Waals surface area contributed by atoms with Gasteiger partial charge in [0.25, 0.3) is 0 Å². The number of para-hydroxylation sites is 1. The third-order valence-electron chi connectivity index (χ3n) is 6.56. The number of hydrogen-bond acceptors (Lipinski definition) is 5. The molecule has 1 aromatic carbocycles. The first-order valence-corrected chi connectivity index (χ1v) is 11.7. The molecule has 1 unspecified atom stereocenters. The van der Waals surface area contributed by atoms with Crippen molar-refractivity contribution in [3.63, 3.8) is 0 Å². The molecule has 0 spiro atoms. The number of amides is 1. The molecule has 166 valence electrons. The molecule has 2 fully saturated rings. The highest BCUT2D eigenvalue weighted by atomic mass is 16.2. The molecule has 1 aromatic heterocycles. The van der Waals surface area contributed by atoms with Crippen LogP contribution < -0.4 is 9.80 Å². The van der Waals surface area contributed by atoms with E-state index >= 15 is 0 Å². The Morgan fingerprint density at radius 3 is 2.52 bits per heavy atom. The second-order valence-corrected chi connectivity index (χ2v) is 8.67. The Morgan fingerprint density at radius 2 is 1.81 bits per heavy atom. The number of anilines is 2. The molecule has 0 saturated carbocycles. The van der Waals surface area contributed by atoms with E-state index < -0.39 is 0 Å². The number of pyridine rings is 1. The molecule has 0 bridgehead atoms. The van der Waals surface area contributed by atoms with Gasteiger partial charge in [-0.05, 0) is 49.9 Å². The highest BCUT2D eigenvalue weighted by molar-refractivity contribution is 5.81. The van der Waals surface area contributed by atoms with Crippen LogP contribution in [0.1, 0.15) is 19.8 Å². The first-order chi connectivity index (χ1) is 15.2. The number of piperazine rings is 1. The normalized spacial score (nSPS) is 20.0. The SMILES string of the molecule is CCN(CC(=O)N1CCCC(CN2CCN(c3ccccn3)CC2)C1)c1ccccc1. The number of piperidine rings is 1. The van der Waals surface area contributed by atoms with Crippen LogP contribution in [0.15, 0.2) is 54.7 Å². The molecule has 6 heteroatoms. The zero-order valence-electron chi connectivity index (χ0n) is 18.7. The topological polar surface area (TPSA) is 42.9 Å². The maximum atomic E-state index is 13.0. The van der Waals surface area contributed by atoms with Crippen LogP contribution in [0, 0.1) is 5.92 Å². The van der Waals surface area contributed by atoms with Gasteiger partial charge in [-0.15, -0.1) is 0 Å². The molecule has 3 heterocycles. The molecule has 31 heavy (non-hydrogen) atoms. The number of carbonyl (C=O) groups is 1. The van der Waals surface area contributed by atoms with Gasteiger partial charge in [0.2, 0.25) is 5.91 Å². The molecule has 0 aliphatic carbocycles. The minimum Gasteiger partial charge on any atom is -0.362 e. The molecule has 1 atom stereocenters. The van der Waals surface area contributed by atoms with Crippen molar-refractivity contribution in [2.24, 2.45) is 5.92 Å². The molecule has 0 radical (unpaired) electrons. The summed E-state index contributed by atoms with van der Waals surface area (Å²) in [4.78, 5) is 26.7. The van der Waals surface area contributed by atoms with Crippen LogP contribution in [0.5, 0.6) is 0 Å². The lowest BCUT2D eigenvalue weighted by atomic mass is 9.97. The van der Waals surface area contributed by atoms with Gasteiger partial charge < -0.3 is 14.7 Å². The number of likely N-dealkylation sites (N-methyl/N-ethyl adjacent to an activating group) is 1. The van der Waals surface area contributed by atoms with E-state index in [-0.39, 0.29) is 5.91 Å². The van der Waals surface area contributed by atoms with E-state index in [4.69, 9.17) is 0 Å². The fraction of sp³-hybridized carbons (Fsp3) is 0.520. The molecule has 2 aliphatic heterocycles. The summed E-state index contributed by atoms with van der Waals surface area (Å²) in [6.07, 6.45) is 4.20. The molecule has 2 saturated heterocycles. The first-order valence-electron chi connectivity index (χ1n) is 11.7. The van der Waals surface area contributed by atoms with Crippen molar-refractivity contribution in [2.75, 3.05) is 68.7 Å². The zero-order valence-corrected chi connectivity index (χ0v) is 18.7. The number of aromatic nitrogens is 1. The minimum absolute atomic E-state index is 0.260. The molecule has 6 nitrogen and oxygen atoms in total. The Hall–Kier alpha value is -2.60. The average molecular weight is 422 g/mol. The van der Waals surface area contributed by atoms with Gasteiger partial charge in [-0.2, -0.15) is 0 Å². The smallest absolute Gasteiger partial charge is 0.242 e. The summed E-state index contributed by atoms with van der Waals surface area (Å²) in [6.45, 7) is 10.5. The van der Waals surface area contributed by atoms with Crippen molar-refractivity contribution in [1.29, 1.82) is 0 Å². The third kappa shape index (κ3) is 5.76. The third-order valence-corrected chi connectivity index (χ3v) is 6.56. The van der Waals surface area contributed by atoms with E-state index in [0.717, 1.165) is 70.3 Å². The van der Waals surface area contributed by atoms with Crippen molar-refractivity contribution < 1.29 is 4.79 Å². The summed E-state index contributed by atoms with van der Waals surface area (Å²) in [6, 6.07) is 16.4. The van der Waals surface area contributed by atoms with Crippen LogP contribution in [0.3, 0.4) is 0 Å². The van der Waals surface area contributed by atoms with E-state index in [2.05, 4.69) is 55.8 Å². The summed E-state index contributed by atoms with van der Waals surface area (Å²) in [7, 11) is 0. The lowest BCUT2D eigenvalue weighted by Crippen LogP contribution is -2.51. The van der Waals surface area contributed by atoms with Gasteiger partial charge in [0.1, 0.15) is 5.82 Å². The number of carbonyl (C=O) groups excluding carboxylic acids is 1. The van der Waals surface area contributed by atoms with Crippen molar-refractivity contribution >= 4 is 17.4 Å². The van der Waals surface area contributed by atoms with Crippen LogP contribution in [-0.4, -0.2) is 79.6 Å². The zero-order chi connectivity index (χ0) is 21.5. The Labute approximate surface area is 186 Å². The van der Waals surface area contributed by atoms with Crippen LogP contribution >= 0.6 is 0 Å². The second-order valence-electron chi connectivity index (χ2n) is 8.67. The number of likely N-dealkylation sites (tertiary alicyclic amines) is 1. The van der Waals surface area contributed by atoms with E-state index in [1.807, 2.05) is 30.5 Å². The molecular formula is C25H35N5O. The van der Waals surface area contributed by atoms with Gasteiger partial charge in [0, 0.05) is 64.2 Å². The van der Waals surface area contributed by atoms with Crippen LogP contribution in [0.25, 0.3) is 0 Å². The molecule has 0 N–H and O–H groups in total. The monoisotopic (exact) mass is 421 g/mol. The maximum Gasteiger partial charge on any atom is 0.242 e. The fourth-order valence-corrected chi connectivity index (χ4v) is 4.79. The molecule has 1 amide bonds. The number of hydrogen-bond donors (Lipinski definition) is 0. The standard InChI is InChI=1S/C25H35N5O/c1-2-28(23-10-4-3-5-11-23)21-25(31)30-14-8-9-22(20-30)19-27-15-17-29(18-16-27)24-12-6-7-13-26-24/h3-7,10-13,22H,2,8-9,14-21H2,1H3. The van der Waals surface area contributed by atoms with Crippen molar-refractivity contribution in [2.45, 2.75) is 19.8 Å². The summed E-state index contributed by atoms with van der Waals surface area (Å²) >= 11 is 0. The second kappa shape index (κ2) is 10.6. The van der Waals surface area contributed by atoms with E-state index in [9.17, 15) is 4.79 Å². The fourth-order valence-electron chi connectivity index (χ4n) is 4.79. The predicted octanol–water partition coefficient (Wildman–Crippen LogP) is 2.97. The van der Waals surface area contributed by atoms with Gasteiger partial charge in [0.05, 0.1) is 6.54 Å².